The number of fused-ring (bicyclic) bond motifs is 1. The minimum atomic E-state index is -4.07. The third-order valence-electron chi connectivity index (χ3n) is 6.37. The predicted molar refractivity (Wildman–Crippen MR) is 142 cm³/mol. The van der Waals surface area contributed by atoms with Gasteiger partial charge in [0.1, 0.15) is 6.04 Å². The average Bonchev–Trinajstić information content (AvgIpc) is 2.94. The van der Waals surface area contributed by atoms with Crippen molar-refractivity contribution >= 4 is 42.4 Å². The maximum atomic E-state index is 13.7. The number of rotatable bonds is 6. The Morgan fingerprint density at radius 3 is 1.92 bits per heavy atom. The third-order valence-corrected chi connectivity index (χ3v) is 10.2. The van der Waals surface area contributed by atoms with Crippen molar-refractivity contribution in [1.29, 1.82) is 0 Å². The minimum Gasteiger partial charge on any atom is -0.324 e. The van der Waals surface area contributed by atoms with Gasteiger partial charge in [0.05, 0.1) is 9.79 Å². The van der Waals surface area contributed by atoms with E-state index in [1.54, 1.807) is 48.5 Å². The van der Waals surface area contributed by atoms with E-state index in [0.29, 0.717) is 5.69 Å². The standard InChI is InChI=1S/C27H25N3O5S2/c31-27(28-25-17-9-11-21-10-7-8-16-24(21)25)26-20-29(36(32,33)22-12-3-1-4-13-22)18-19-30(26)37(34,35)23-14-5-2-6-15-23/h1-17,26H,18-20H2,(H,28,31)/t26-/m0/s1. The first kappa shape index (κ1) is 25.1. The quantitative estimate of drug-likeness (QED) is 0.407. The first-order valence-corrected chi connectivity index (χ1v) is 14.6. The molecule has 0 unspecified atom stereocenters. The second-order valence-electron chi connectivity index (χ2n) is 8.64. The van der Waals surface area contributed by atoms with Gasteiger partial charge in [0.2, 0.25) is 26.0 Å². The number of carbonyl (C=O) groups excluding carboxylic acids is 1. The molecule has 0 aliphatic carbocycles. The van der Waals surface area contributed by atoms with Gasteiger partial charge in [-0.05, 0) is 35.7 Å². The zero-order valence-corrected chi connectivity index (χ0v) is 21.4. The van der Waals surface area contributed by atoms with Gasteiger partial charge in [-0.1, -0.05) is 72.8 Å². The van der Waals surface area contributed by atoms with E-state index in [1.807, 2.05) is 30.3 Å². The molecule has 190 valence electrons. The van der Waals surface area contributed by atoms with Crippen LogP contribution in [0.25, 0.3) is 10.8 Å². The van der Waals surface area contributed by atoms with E-state index in [4.69, 9.17) is 0 Å². The highest BCUT2D eigenvalue weighted by atomic mass is 32.2. The molecular weight excluding hydrogens is 510 g/mol. The second-order valence-corrected chi connectivity index (χ2v) is 12.5. The largest absolute Gasteiger partial charge is 0.324 e. The van der Waals surface area contributed by atoms with Crippen LogP contribution in [0, 0.1) is 0 Å². The lowest BCUT2D eigenvalue weighted by Gasteiger charge is -2.39. The summed E-state index contributed by atoms with van der Waals surface area (Å²) in [6.45, 7) is -0.571. The number of benzene rings is 4. The molecule has 0 radical (unpaired) electrons. The van der Waals surface area contributed by atoms with Crippen LogP contribution in [0.4, 0.5) is 5.69 Å². The average molecular weight is 536 g/mol. The highest BCUT2D eigenvalue weighted by Crippen LogP contribution is 2.28. The Kier molecular flexibility index (Phi) is 6.82. The topological polar surface area (TPSA) is 104 Å². The number of piperazine rings is 1. The first-order chi connectivity index (χ1) is 17.8. The number of hydrogen-bond donors (Lipinski definition) is 1. The fourth-order valence-electron chi connectivity index (χ4n) is 4.48. The summed E-state index contributed by atoms with van der Waals surface area (Å²) in [5.41, 5.74) is 0.517. The number of nitrogens with one attached hydrogen (secondary N) is 1. The monoisotopic (exact) mass is 535 g/mol. The second kappa shape index (κ2) is 10.1. The Bertz CT molecular complexity index is 1640. The summed E-state index contributed by atoms with van der Waals surface area (Å²) in [7, 11) is -8.01. The van der Waals surface area contributed by atoms with Gasteiger partial charge in [0.15, 0.2) is 0 Å². The summed E-state index contributed by atoms with van der Waals surface area (Å²) in [5.74, 6) is -0.608. The van der Waals surface area contributed by atoms with E-state index in [9.17, 15) is 21.6 Å². The molecule has 1 aliphatic rings. The summed E-state index contributed by atoms with van der Waals surface area (Å²) < 4.78 is 56.1. The molecule has 1 fully saturated rings. The number of anilines is 1. The molecular formula is C27H25N3O5S2. The van der Waals surface area contributed by atoms with Crippen LogP contribution in [0.3, 0.4) is 0 Å². The van der Waals surface area contributed by atoms with Gasteiger partial charge < -0.3 is 5.32 Å². The maximum Gasteiger partial charge on any atom is 0.244 e. The Morgan fingerprint density at radius 2 is 1.24 bits per heavy atom. The highest BCUT2D eigenvalue weighted by Gasteiger charge is 2.43. The van der Waals surface area contributed by atoms with E-state index in [0.717, 1.165) is 15.1 Å². The lowest BCUT2D eigenvalue weighted by atomic mass is 10.1. The van der Waals surface area contributed by atoms with Gasteiger partial charge in [-0.2, -0.15) is 8.61 Å². The van der Waals surface area contributed by atoms with Crippen molar-refractivity contribution in [2.24, 2.45) is 0 Å². The lowest BCUT2D eigenvalue weighted by Crippen LogP contribution is -2.60. The number of nitrogens with zero attached hydrogens (tertiary/aromatic N) is 2. The van der Waals surface area contributed by atoms with Crippen molar-refractivity contribution < 1.29 is 21.6 Å². The van der Waals surface area contributed by atoms with E-state index in [2.05, 4.69) is 5.32 Å². The fourth-order valence-corrected chi connectivity index (χ4v) is 7.53. The molecule has 0 aromatic heterocycles. The molecule has 8 nitrogen and oxygen atoms in total. The molecule has 0 bridgehead atoms. The molecule has 1 aliphatic heterocycles. The third kappa shape index (κ3) is 4.88. The first-order valence-electron chi connectivity index (χ1n) is 11.7. The molecule has 37 heavy (non-hydrogen) atoms. The summed E-state index contributed by atoms with van der Waals surface area (Å²) in [4.78, 5) is 13.8. The van der Waals surface area contributed by atoms with E-state index in [-0.39, 0.29) is 29.4 Å². The van der Waals surface area contributed by atoms with Gasteiger partial charge >= 0.3 is 0 Å². The van der Waals surface area contributed by atoms with Crippen molar-refractivity contribution in [3.05, 3.63) is 103 Å². The number of amides is 1. The lowest BCUT2D eigenvalue weighted by molar-refractivity contribution is -0.120. The van der Waals surface area contributed by atoms with Crippen molar-refractivity contribution in [2.75, 3.05) is 25.0 Å². The maximum absolute atomic E-state index is 13.7. The molecule has 0 saturated carbocycles. The van der Waals surface area contributed by atoms with E-state index < -0.39 is 32.0 Å². The molecule has 1 heterocycles. The summed E-state index contributed by atoms with van der Waals surface area (Å²) in [6, 6.07) is 27.4. The van der Waals surface area contributed by atoms with Gasteiger partial charge in [-0.25, -0.2) is 16.8 Å². The molecule has 10 heteroatoms. The van der Waals surface area contributed by atoms with Crippen LogP contribution in [0.2, 0.25) is 0 Å². The Hall–Kier alpha value is -3.57. The van der Waals surface area contributed by atoms with Crippen LogP contribution in [0.5, 0.6) is 0 Å². The minimum absolute atomic E-state index is 0.0392. The van der Waals surface area contributed by atoms with E-state index >= 15 is 0 Å². The van der Waals surface area contributed by atoms with Crippen LogP contribution in [-0.4, -0.2) is 57.0 Å². The summed E-state index contributed by atoms with van der Waals surface area (Å²) in [5, 5.41) is 4.55. The van der Waals surface area contributed by atoms with Gasteiger partial charge in [0.25, 0.3) is 0 Å². The highest BCUT2D eigenvalue weighted by molar-refractivity contribution is 7.89. The van der Waals surface area contributed by atoms with Crippen LogP contribution in [-0.2, 0) is 24.8 Å². The molecule has 1 amide bonds. The number of carbonyl (C=O) groups is 1. The van der Waals surface area contributed by atoms with Crippen LogP contribution >= 0.6 is 0 Å². The van der Waals surface area contributed by atoms with Gasteiger partial charge in [-0.3, -0.25) is 4.79 Å². The Balaban J connectivity index is 1.52. The van der Waals surface area contributed by atoms with Crippen molar-refractivity contribution in [3.8, 4) is 0 Å². The molecule has 1 N–H and O–H groups in total. The summed E-state index contributed by atoms with van der Waals surface area (Å²) in [6.07, 6.45) is 0. The predicted octanol–water partition coefficient (Wildman–Crippen LogP) is 3.54. The molecule has 1 saturated heterocycles. The van der Waals surface area contributed by atoms with E-state index in [1.165, 1.54) is 28.6 Å². The molecule has 0 spiro atoms. The normalized spacial score (nSPS) is 17.5. The zero-order valence-electron chi connectivity index (χ0n) is 19.8. The van der Waals surface area contributed by atoms with Crippen LogP contribution in [0.15, 0.2) is 113 Å². The van der Waals surface area contributed by atoms with Gasteiger partial charge in [0, 0.05) is 30.7 Å². The van der Waals surface area contributed by atoms with Crippen molar-refractivity contribution in [3.63, 3.8) is 0 Å². The van der Waals surface area contributed by atoms with Crippen LogP contribution < -0.4 is 5.32 Å². The Labute approximate surface area is 216 Å². The SMILES string of the molecule is O=C(Nc1cccc2ccccc12)[C@@H]1CN(S(=O)(=O)c2ccccc2)CCN1S(=O)(=O)c1ccccc1. The van der Waals surface area contributed by atoms with Crippen LogP contribution in [0.1, 0.15) is 0 Å². The molecule has 5 rings (SSSR count). The zero-order chi connectivity index (χ0) is 26.0. The molecule has 4 aromatic rings. The van der Waals surface area contributed by atoms with Crippen molar-refractivity contribution in [1.82, 2.24) is 8.61 Å². The number of sulfonamides is 2. The fraction of sp³-hybridized carbons (Fsp3) is 0.148. The summed E-state index contributed by atoms with van der Waals surface area (Å²) >= 11 is 0. The molecule has 4 aromatic carbocycles. The number of hydrogen-bond acceptors (Lipinski definition) is 5. The molecule has 1 atom stereocenters. The Morgan fingerprint density at radius 1 is 0.676 bits per heavy atom. The van der Waals surface area contributed by atoms with Gasteiger partial charge in [-0.15, -0.1) is 0 Å². The smallest absolute Gasteiger partial charge is 0.244 e. The van der Waals surface area contributed by atoms with Crippen molar-refractivity contribution in [2.45, 2.75) is 15.8 Å².